The molecule has 3 rings (SSSR count). The lowest BCUT2D eigenvalue weighted by atomic mass is 9.98. The number of likely N-dealkylation sites (tertiary alicyclic amines) is 1. The minimum atomic E-state index is -0.592. The molecule has 6 nitrogen and oxygen atoms in total. The van der Waals surface area contributed by atoms with E-state index in [1.165, 1.54) is 12.8 Å². The number of nitrogens with zero attached hydrogens (tertiary/aromatic N) is 2. The molecular weight excluding hydrogens is 306 g/mol. The zero-order valence-electron chi connectivity index (χ0n) is 14.2. The molecule has 1 N–H and O–H groups in total. The van der Waals surface area contributed by atoms with Crippen LogP contribution >= 0.6 is 0 Å². The standard InChI is InChI=1S/C18H25N3O3/c1-2-3-10-20-11-8-14(9-12-20)13-24-18(23)21-16-7-5-4-6-15(16)19-17(21)22/h4-7,14H,2-3,8-13H2,1H3,(H,19,22). The normalized spacial score (nSPS) is 16.5. The van der Waals surface area contributed by atoms with Crippen molar-refractivity contribution in [2.24, 2.45) is 5.92 Å². The van der Waals surface area contributed by atoms with Gasteiger partial charge in [0.1, 0.15) is 0 Å². The summed E-state index contributed by atoms with van der Waals surface area (Å²) in [5.74, 6) is 0.382. The molecule has 2 heterocycles. The van der Waals surface area contributed by atoms with Crippen LogP contribution in [0.3, 0.4) is 0 Å². The SMILES string of the molecule is CCCCN1CCC(COC(=O)n2c(=O)[nH]c3ccccc32)CC1. The van der Waals surface area contributed by atoms with Gasteiger partial charge in [-0.3, -0.25) is 0 Å². The summed E-state index contributed by atoms with van der Waals surface area (Å²) in [5.41, 5.74) is 0.751. The Morgan fingerprint density at radius 2 is 2.04 bits per heavy atom. The highest BCUT2D eigenvalue weighted by atomic mass is 16.5. The van der Waals surface area contributed by atoms with Crippen molar-refractivity contribution in [3.05, 3.63) is 34.7 Å². The molecule has 130 valence electrons. The van der Waals surface area contributed by atoms with Crippen molar-refractivity contribution in [1.82, 2.24) is 14.5 Å². The zero-order chi connectivity index (χ0) is 16.9. The number of aromatic nitrogens is 2. The Hall–Kier alpha value is -2.08. The number of carbonyl (C=O) groups is 1. The maximum atomic E-state index is 12.3. The Morgan fingerprint density at radius 1 is 1.29 bits per heavy atom. The van der Waals surface area contributed by atoms with Gasteiger partial charge in [0.25, 0.3) is 0 Å². The molecule has 1 aliphatic heterocycles. The van der Waals surface area contributed by atoms with Gasteiger partial charge in [-0.2, -0.15) is 4.57 Å². The van der Waals surface area contributed by atoms with Gasteiger partial charge in [-0.25, -0.2) is 9.59 Å². The lowest BCUT2D eigenvalue weighted by molar-refractivity contribution is 0.0969. The highest BCUT2D eigenvalue weighted by Gasteiger charge is 2.21. The van der Waals surface area contributed by atoms with Crippen molar-refractivity contribution in [1.29, 1.82) is 0 Å². The van der Waals surface area contributed by atoms with Gasteiger partial charge in [0, 0.05) is 0 Å². The van der Waals surface area contributed by atoms with Gasteiger partial charge in [-0.1, -0.05) is 25.5 Å². The van der Waals surface area contributed by atoms with Crippen LogP contribution in [0.2, 0.25) is 0 Å². The van der Waals surface area contributed by atoms with Crippen LogP contribution in [-0.4, -0.2) is 46.8 Å². The third kappa shape index (κ3) is 3.70. The topological polar surface area (TPSA) is 67.3 Å². The number of para-hydroxylation sites is 2. The van der Waals surface area contributed by atoms with Crippen molar-refractivity contribution in [2.75, 3.05) is 26.2 Å². The number of benzene rings is 1. The average molecular weight is 331 g/mol. The lowest BCUT2D eigenvalue weighted by Crippen LogP contribution is -2.36. The Bertz CT molecular complexity index is 741. The van der Waals surface area contributed by atoms with Crippen LogP contribution in [0.4, 0.5) is 4.79 Å². The Kier molecular flexibility index (Phi) is 5.35. The molecule has 1 aromatic carbocycles. The largest absolute Gasteiger partial charge is 0.449 e. The van der Waals surface area contributed by atoms with Gasteiger partial charge in [-0.15, -0.1) is 0 Å². The van der Waals surface area contributed by atoms with Crippen LogP contribution in [0, 0.1) is 5.92 Å². The number of imidazole rings is 1. The number of aromatic amines is 1. The number of nitrogens with one attached hydrogen (secondary N) is 1. The lowest BCUT2D eigenvalue weighted by Gasteiger charge is -2.31. The van der Waals surface area contributed by atoms with E-state index in [0.717, 1.165) is 37.0 Å². The molecule has 1 aliphatic rings. The van der Waals surface area contributed by atoms with Crippen LogP contribution in [0.1, 0.15) is 32.6 Å². The fourth-order valence-electron chi connectivity index (χ4n) is 3.25. The monoisotopic (exact) mass is 331 g/mol. The molecular formula is C18H25N3O3. The second kappa shape index (κ2) is 7.66. The Balaban J connectivity index is 1.55. The van der Waals surface area contributed by atoms with Crippen LogP contribution in [0.5, 0.6) is 0 Å². The summed E-state index contributed by atoms with van der Waals surface area (Å²) in [5, 5.41) is 0. The van der Waals surface area contributed by atoms with E-state index in [1.54, 1.807) is 18.2 Å². The number of fused-ring (bicyclic) bond motifs is 1. The maximum Gasteiger partial charge on any atom is 0.422 e. The van der Waals surface area contributed by atoms with E-state index < -0.39 is 11.8 Å². The van der Waals surface area contributed by atoms with Crippen LogP contribution in [0.25, 0.3) is 11.0 Å². The van der Waals surface area contributed by atoms with E-state index in [0.29, 0.717) is 23.6 Å². The highest BCUT2D eigenvalue weighted by Crippen LogP contribution is 2.18. The van der Waals surface area contributed by atoms with Gasteiger partial charge >= 0.3 is 11.8 Å². The summed E-state index contributed by atoms with van der Waals surface area (Å²) in [4.78, 5) is 29.4. The summed E-state index contributed by atoms with van der Waals surface area (Å²) in [6, 6.07) is 7.12. The number of unbranched alkanes of at least 4 members (excludes halogenated alkanes) is 1. The van der Waals surface area contributed by atoms with E-state index in [9.17, 15) is 9.59 Å². The fraction of sp³-hybridized carbons (Fsp3) is 0.556. The molecule has 1 saturated heterocycles. The van der Waals surface area contributed by atoms with Crippen molar-refractivity contribution in [3.63, 3.8) is 0 Å². The number of rotatable bonds is 5. The van der Waals surface area contributed by atoms with Crippen LogP contribution in [-0.2, 0) is 4.74 Å². The molecule has 0 aliphatic carbocycles. The minimum Gasteiger partial charge on any atom is -0.449 e. The molecule has 24 heavy (non-hydrogen) atoms. The van der Waals surface area contributed by atoms with E-state index >= 15 is 0 Å². The van der Waals surface area contributed by atoms with E-state index in [2.05, 4.69) is 16.8 Å². The summed E-state index contributed by atoms with van der Waals surface area (Å²) in [6.07, 6.45) is 3.95. The van der Waals surface area contributed by atoms with Crippen molar-refractivity contribution < 1.29 is 9.53 Å². The number of piperidine rings is 1. The average Bonchev–Trinajstić information content (AvgIpc) is 2.94. The zero-order valence-corrected chi connectivity index (χ0v) is 14.2. The summed E-state index contributed by atoms with van der Waals surface area (Å²) >= 11 is 0. The van der Waals surface area contributed by atoms with Crippen LogP contribution in [0.15, 0.2) is 29.1 Å². The van der Waals surface area contributed by atoms with Gasteiger partial charge < -0.3 is 14.6 Å². The number of ether oxygens (including phenoxy) is 1. The quantitative estimate of drug-likeness (QED) is 0.915. The summed E-state index contributed by atoms with van der Waals surface area (Å²) in [7, 11) is 0. The molecule has 0 spiro atoms. The fourth-order valence-corrected chi connectivity index (χ4v) is 3.25. The molecule has 0 bridgehead atoms. The second-order valence-electron chi connectivity index (χ2n) is 6.50. The number of carbonyl (C=O) groups excluding carboxylic acids is 1. The first kappa shape index (κ1) is 16.8. The molecule has 0 unspecified atom stereocenters. The predicted molar refractivity (Wildman–Crippen MR) is 93.4 cm³/mol. The summed E-state index contributed by atoms with van der Waals surface area (Å²) < 4.78 is 6.49. The van der Waals surface area contributed by atoms with E-state index in [-0.39, 0.29) is 0 Å². The molecule has 1 aromatic heterocycles. The molecule has 0 radical (unpaired) electrons. The predicted octanol–water partition coefficient (Wildman–Crippen LogP) is 2.83. The summed E-state index contributed by atoms with van der Waals surface area (Å²) in [6.45, 7) is 5.88. The minimum absolute atomic E-state index is 0.381. The Labute approximate surface area is 141 Å². The molecule has 1 fully saturated rings. The van der Waals surface area contributed by atoms with Crippen LogP contribution < -0.4 is 5.69 Å². The third-order valence-corrected chi connectivity index (χ3v) is 4.75. The smallest absolute Gasteiger partial charge is 0.422 e. The number of hydrogen-bond donors (Lipinski definition) is 1. The van der Waals surface area contributed by atoms with Gasteiger partial charge in [0.05, 0.1) is 17.6 Å². The van der Waals surface area contributed by atoms with Crippen molar-refractivity contribution in [2.45, 2.75) is 32.6 Å². The molecule has 2 aromatic rings. The van der Waals surface area contributed by atoms with E-state index in [1.807, 2.05) is 6.07 Å². The van der Waals surface area contributed by atoms with Gasteiger partial charge in [-0.05, 0) is 56.9 Å². The van der Waals surface area contributed by atoms with Crippen molar-refractivity contribution in [3.8, 4) is 0 Å². The Morgan fingerprint density at radius 3 is 2.79 bits per heavy atom. The third-order valence-electron chi connectivity index (χ3n) is 4.75. The molecule has 0 saturated carbocycles. The molecule has 6 heteroatoms. The van der Waals surface area contributed by atoms with Crippen molar-refractivity contribution >= 4 is 17.1 Å². The molecule has 0 amide bonds. The highest BCUT2D eigenvalue weighted by molar-refractivity contribution is 5.86. The maximum absolute atomic E-state index is 12.3. The first-order valence-corrected chi connectivity index (χ1v) is 8.78. The van der Waals surface area contributed by atoms with Gasteiger partial charge in [0.2, 0.25) is 0 Å². The number of H-pyrrole nitrogens is 1. The first-order valence-electron chi connectivity index (χ1n) is 8.78. The second-order valence-corrected chi connectivity index (χ2v) is 6.50. The van der Waals surface area contributed by atoms with Gasteiger partial charge in [0.15, 0.2) is 0 Å². The molecule has 0 atom stereocenters. The number of hydrogen-bond acceptors (Lipinski definition) is 4. The van der Waals surface area contributed by atoms with E-state index in [4.69, 9.17) is 4.74 Å². The first-order chi connectivity index (χ1) is 11.7.